The molecule has 0 radical (unpaired) electrons. The number of carbonyl (C=O) groups excluding carboxylic acids is 1. The fourth-order valence-corrected chi connectivity index (χ4v) is 3.74. The summed E-state index contributed by atoms with van der Waals surface area (Å²) < 4.78 is 0. The van der Waals surface area contributed by atoms with Crippen LogP contribution >= 0.6 is 11.3 Å². The van der Waals surface area contributed by atoms with E-state index in [1.807, 2.05) is 19.9 Å². The molecule has 1 N–H and O–H groups in total. The minimum absolute atomic E-state index is 0.0998. The molecular weight excluding hydrogens is 306 g/mol. The summed E-state index contributed by atoms with van der Waals surface area (Å²) in [5, 5.41) is 3.58. The fourth-order valence-electron chi connectivity index (χ4n) is 2.68. The highest BCUT2D eigenvalue weighted by Gasteiger charge is 2.21. The first kappa shape index (κ1) is 15.9. The van der Waals surface area contributed by atoms with Crippen molar-refractivity contribution in [3.8, 4) is 0 Å². The lowest BCUT2D eigenvalue weighted by Gasteiger charge is -2.25. The zero-order valence-electron chi connectivity index (χ0n) is 13.5. The second-order valence-corrected chi connectivity index (χ2v) is 7.13. The first-order valence-electron chi connectivity index (χ1n) is 7.81. The van der Waals surface area contributed by atoms with E-state index in [0.29, 0.717) is 5.13 Å². The molecule has 120 valence electrons. The Balaban J connectivity index is 1.65. The largest absolute Gasteiger partial charge is 0.298 e. The van der Waals surface area contributed by atoms with Crippen LogP contribution in [0.1, 0.15) is 30.0 Å². The van der Waals surface area contributed by atoms with Gasteiger partial charge in [-0.25, -0.2) is 4.98 Å². The van der Waals surface area contributed by atoms with Gasteiger partial charge in [0.25, 0.3) is 0 Å². The van der Waals surface area contributed by atoms with Crippen molar-refractivity contribution < 1.29 is 4.79 Å². The predicted molar refractivity (Wildman–Crippen MR) is 94.4 cm³/mol. The molecule has 1 amide bonds. The Morgan fingerprint density at radius 1 is 1.35 bits per heavy atom. The third-order valence-corrected chi connectivity index (χ3v) is 4.71. The summed E-state index contributed by atoms with van der Waals surface area (Å²) in [5.74, 6) is -0.0998. The van der Waals surface area contributed by atoms with Gasteiger partial charge >= 0.3 is 0 Å². The molecule has 1 aliphatic heterocycles. The number of nitrogens with zero attached hydrogens (tertiary/aromatic N) is 2. The summed E-state index contributed by atoms with van der Waals surface area (Å²) in [5.41, 5.74) is 3.45. The van der Waals surface area contributed by atoms with Crippen molar-refractivity contribution >= 4 is 22.4 Å². The quantitative estimate of drug-likeness (QED) is 0.873. The molecule has 23 heavy (non-hydrogen) atoms. The van der Waals surface area contributed by atoms with Gasteiger partial charge in [-0.05, 0) is 19.4 Å². The molecule has 0 spiro atoms. The number of fused-ring (bicyclic) bond motifs is 1. The van der Waals surface area contributed by atoms with E-state index in [9.17, 15) is 4.79 Å². The van der Waals surface area contributed by atoms with Crippen LogP contribution in [0.5, 0.6) is 0 Å². The lowest BCUT2D eigenvalue weighted by Crippen LogP contribution is -2.29. The average molecular weight is 327 g/mol. The Labute approximate surface area is 140 Å². The number of allylic oxidation sites excluding steroid dienone is 1. The molecular formula is C18H21N3OS. The zero-order valence-corrected chi connectivity index (χ0v) is 14.3. The van der Waals surface area contributed by atoms with Crippen molar-refractivity contribution in [1.29, 1.82) is 0 Å². The van der Waals surface area contributed by atoms with Gasteiger partial charge in [0.2, 0.25) is 5.91 Å². The number of nitrogens with one attached hydrogen (secondary N) is 1. The van der Waals surface area contributed by atoms with Gasteiger partial charge in [-0.3, -0.25) is 15.0 Å². The second-order valence-electron chi connectivity index (χ2n) is 6.05. The lowest BCUT2D eigenvalue weighted by molar-refractivity contribution is -0.111. The van der Waals surface area contributed by atoms with Crippen LogP contribution < -0.4 is 5.32 Å². The maximum Gasteiger partial charge on any atom is 0.250 e. The number of hydrogen-bond donors (Lipinski definition) is 1. The third-order valence-electron chi connectivity index (χ3n) is 3.71. The highest BCUT2D eigenvalue weighted by Crippen LogP contribution is 2.29. The van der Waals surface area contributed by atoms with Crippen LogP contribution in [0.2, 0.25) is 0 Å². The summed E-state index contributed by atoms with van der Waals surface area (Å²) in [6, 6.07) is 10.5. The SMILES string of the molecule is CC(C)=CC(=O)Nc1nc2c(s1)CN(Cc1ccccc1)CC2. The highest BCUT2D eigenvalue weighted by atomic mass is 32.1. The van der Waals surface area contributed by atoms with Crippen LogP contribution in [0.25, 0.3) is 0 Å². The normalized spacial score (nSPS) is 14.2. The summed E-state index contributed by atoms with van der Waals surface area (Å²) in [4.78, 5) is 20.1. The van der Waals surface area contributed by atoms with E-state index < -0.39 is 0 Å². The molecule has 0 unspecified atom stereocenters. The Morgan fingerprint density at radius 2 is 2.13 bits per heavy atom. The second kappa shape index (κ2) is 7.06. The van der Waals surface area contributed by atoms with Crippen LogP contribution in [0.3, 0.4) is 0 Å². The number of carbonyl (C=O) groups is 1. The molecule has 1 aromatic heterocycles. The van der Waals surface area contributed by atoms with Crippen LogP contribution in [-0.2, 0) is 24.3 Å². The monoisotopic (exact) mass is 327 g/mol. The van der Waals surface area contributed by atoms with E-state index in [-0.39, 0.29) is 5.91 Å². The van der Waals surface area contributed by atoms with Gasteiger partial charge in [-0.1, -0.05) is 35.9 Å². The van der Waals surface area contributed by atoms with E-state index in [0.717, 1.165) is 37.3 Å². The number of aromatic nitrogens is 1. The van der Waals surface area contributed by atoms with Crippen molar-refractivity contribution in [2.45, 2.75) is 33.4 Å². The Bertz CT molecular complexity index is 717. The standard InChI is InChI=1S/C18H21N3OS/c1-13(2)10-17(22)20-18-19-15-8-9-21(12-16(15)23-18)11-14-6-4-3-5-7-14/h3-7,10H,8-9,11-12H2,1-2H3,(H,19,20,22). The summed E-state index contributed by atoms with van der Waals surface area (Å²) in [6.45, 7) is 6.69. The molecule has 1 aliphatic rings. The van der Waals surface area contributed by atoms with E-state index >= 15 is 0 Å². The van der Waals surface area contributed by atoms with Crippen molar-refractivity contribution in [3.63, 3.8) is 0 Å². The van der Waals surface area contributed by atoms with Crippen LogP contribution in [0.15, 0.2) is 42.0 Å². The van der Waals surface area contributed by atoms with Gasteiger partial charge in [0.15, 0.2) is 5.13 Å². The van der Waals surface area contributed by atoms with Gasteiger partial charge in [-0.2, -0.15) is 0 Å². The van der Waals surface area contributed by atoms with Gasteiger partial charge in [-0.15, -0.1) is 11.3 Å². The Morgan fingerprint density at radius 3 is 2.87 bits per heavy atom. The van der Waals surface area contributed by atoms with Gasteiger partial charge in [0.05, 0.1) is 5.69 Å². The molecule has 0 saturated heterocycles. The molecule has 4 nitrogen and oxygen atoms in total. The van der Waals surface area contributed by atoms with Crippen LogP contribution in [-0.4, -0.2) is 22.3 Å². The summed E-state index contributed by atoms with van der Waals surface area (Å²) >= 11 is 1.59. The zero-order chi connectivity index (χ0) is 16.2. The van der Waals surface area contributed by atoms with E-state index in [2.05, 4.69) is 39.5 Å². The Kier molecular flexibility index (Phi) is 4.88. The van der Waals surface area contributed by atoms with Crippen molar-refractivity contribution in [2.75, 3.05) is 11.9 Å². The molecule has 5 heteroatoms. The maximum absolute atomic E-state index is 11.8. The molecule has 2 heterocycles. The third kappa shape index (κ3) is 4.27. The van der Waals surface area contributed by atoms with Crippen molar-refractivity contribution in [2.24, 2.45) is 0 Å². The first-order chi connectivity index (χ1) is 11.1. The van der Waals surface area contributed by atoms with E-state index in [4.69, 9.17) is 0 Å². The summed E-state index contributed by atoms with van der Waals surface area (Å²) in [6.07, 6.45) is 2.54. The molecule has 0 fully saturated rings. The average Bonchev–Trinajstić information content (AvgIpc) is 2.88. The molecule has 3 rings (SSSR count). The number of hydrogen-bond acceptors (Lipinski definition) is 4. The molecule has 1 aromatic carbocycles. The lowest BCUT2D eigenvalue weighted by atomic mass is 10.1. The fraction of sp³-hybridized carbons (Fsp3) is 0.333. The summed E-state index contributed by atoms with van der Waals surface area (Å²) in [7, 11) is 0. The van der Waals surface area contributed by atoms with Crippen LogP contribution in [0.4, 0.5) is 5.13 Å². The highest BCUT2D eigenvalue weighted by molar-refractivity contribution is 7.15. The topological polar surface area (TPSA) is 45.2 Å². The smallest absolute Gasteiger partial charge is 0.250 e. The minimum atomic E-state index is -0.0998. The molecule has 0 atom stereocenters. The van der Waals surface area contributed by atoms with Crippen LogP contribution in [0, 0.1) is 0 Å². The number of amides is 1. The van der Waals surface area contributed by atoms with Gasteiger partial charge in [0, 0.05) is 37.0 Å². The number of thiazole rings is 1. The van der Waals surface area contributed by atoms with Crippen molar-refractivity contribution in [1.82, 2.24) is 9.88 Å². The number of benzene rings is 1. The maximum atomic E-state index is 11.8. The number of anilines is 1. The minimum Gasteiger partial charge on any atom is -0.298 e. The molecule has 0 bridgehead atoms. The predicted octanol–water partition coefficient (Wildman–Crippen LogP) is 3.61. The first-order valence-corrected chi connectivity index (χ1v) is 8.62. The molecule has 2 aromatic rings. The molecule has 0 aliphatic carbocycles. The van der Waals surface area contributed by atoms with Gasteiger partial charge < -0.3 is 0 Å². The number of rotatable bonds is 4. The van der Waals surface area contributed by atoms with E-state index in [1.54, 1.807) is 17.4 Å². The van der Waals surface area contributed by atoms with Crippen molar-refractivity contribution in [3.05, 3.63) is 58.1 Å². The Hall–Kier alpha value is -1.98. The van der Waals surface area contributed by atoms with E-state index in [1.165, 1.54) is 10.4 Å². The van der Waals surface area contributed by atoms with Gasteiger partial charge in [0.1, 0.15) is 0 Å². The molecule has 0 saturated carbocycles.